The molecule has 2 N–H and O–H groups in total. The number of hydrogen-bond donors (Lipinski definition) is 2. The first-order valence-corrected chi connectivity index (χ1v) is 7.56. The molecule has 0 radical (unpaired) electrons. The van der Waals surface area contributed by atoms with Gasteiger partial charge in [0.15, 0.2) is 0 Å². The summed E-state index contributed by atoms with van der Waals surface area (Å²) in [5, 5.41) is 17.9. The molecule has 0 saturated heterocycles. The van der Waals surface area contributed by atoms with Crippen molar-refractivity contribution >= 4 is 0 Å². The lowest BCUT2D eigenvalue weighted by atomic mass is 10.1. The molecule has 5 heteroatoms. The number of hydrogen-bond acceptors (Lipinski definition) is 4. The Morgan fingerprint density at radius 2 is 2.33 bits per heavy atom. The average molecular weight is 286 g/mol. The molecule has 0 aromatic carbocycles. The Morgan fingerprint density at radius 1 is 1.43 bits per heavy atom. The number of rotatable bonds is 5. The summed E-state index contributed by atoms with van der Waals surface area (Å²) in [5.41, 5.74) is 3.18. The van der Waals surface area contributed by atoms with Gasteiger partial charge < -0.3 is 10.4 Å². The molecular weight excluding hydrogens is 264 g/mol. The van der Waals surface area contributed by atoms with Gasteiger partial charge in [0, 0.05) is 49.9 Å². The van der Waals surface area contributed by atoms with Gasteiger partial charge in [0.25, 0.3) is 0 Å². The molecule has 1 fully saturated rings. The highest BCUT2D eigenvalue weighted by atomic mass is 16.3. The van der Waals surface area contributed by atoms with E-state index >= 15 is 0 Å². The lowest BCUT2D eigenvalue weighted by molar-refractivity contribution is 0.131. The van der Waals surface area contributed by atoms with E-state index in [2.05, 4.69) is 15.4 Å². The molecule has 2 atom stereocenters. The summed E-state index contributed by atoms with van der Waals surface area (Å²) in [6.45, 7) is 1.63. The third-order valence-corrected chi connectivity index (χ3v) is 4.18. The molecule has 2 aromatic rings. The van der Waals surface area contributed by atoms with Crippen molar-refractivity contribution in [2.75, 3.05) is 6.54 Å². The van der Waals surface area contributed by atoms with Crippen molar-refractivity contribution in [2.24, 2.45) is 13.0 Å². The third-order valence-electron chi connectivity index (χ3n) is 4.18. The van der Waals surface area contributed by atoms with E-state index in [1.807, 2.05) is 36.3 Å². The standard InChI is InChI=1S/C16H22N4O/c1-20-11-14(10-18-8-12-4-2-6-15(12)21)16(19-20)13-5-3-7-17-9-13/h3,5,7,9,11-12,15,18,21H,2,4,6,8,10H2,1H3. The maximum Gasteiger partial charge on any atom is 0.0983 e. The molecular formula is C16H22N4O. The highest BCUT2D eigenvalue weighted by Crippen LogP contribution is 2.25. The second kappa shape index (κ2) is 6.37. The van der Waals surface area contributed by atoms with Gasteiger partial charge in [-0.15, -0.1) is 0 Å². The minimum absolute atomic E-state index is 0.135. The maximum atomic E-state index is 9.86. The van der Waals surface area contributed by atoms with Crippen molar-refractivity contribution in [1.29, 1.82) is 0 Å². The number of nitrogens with one attached hydrogen (secondary N) is 1. The largest absolute Gasteiger partial charge is 0.393 e. The zero-order chi connectivity index (χ0) is 14.7. The molecule has 21 heavy (non-hydrogen) atoms. The van der Waals surface area contributed by atoms with Gasteiger partial charge in [0.1, 0.15) is 0 Å². The molecule has 0 spiro atoms. The van der Waals surface area contributed by atoms with E-state index < -0.39 is 0 Å². The Labute approximate surface area is 125 Å². The molecule has 1 saturated carbocycles. The van der Waals surface area contributed by atoms with Crippen molar-refractivity contribution in [1.82, 2.24) is 20.1 Å². The number of aliphatic hydroxyl groups excluding tert-OH is 1. The van der Waals surface area contributed by atoms with Crippen LogP contribution in [0.4, 0.5) is 0 Å². The molecule has 1 aliphatic rings. The Morgan fingerprint density at radius 3 is 3.05 bits per heavy atom. The normalized spacial score (nSPS) is 21.8. The molecule has 2 unspecified atom stereocenters. The first-order chi connectivity index (χ1) is 10.2. The van der Waals surface area contributed by atoms with Crippen LogP contribution < -0.4 is 5.32 Å². The molecule has 2 heterocycles. The van der Waals surface area contributed by atoms with Gasteiger partial charge in [-0.3, -0.25) is 9.67 Å². The predicted octanol–water partition coefficient (Wildman–Crippen LogP) is 1.73. The summed E-state index contributed by atoms with van der Waals surface area (Å²) in [4.78, 5) is 4.16. The number of pyridine rings is 1. The number of aromatic nitrogens is 3. The second-order valence-electron chi connectivity index (χ2n) is 5.81. The number of aliphatic hydroxyl groups is 1. The fourth-order valence-corrected chi connectivity index (χ4v) is 3.06. The van der Waals surface area contributed by atoms with Crippen LogP contribution in [0, 0.1) is 5.92 Å². The average Bonchev–Trinajstić information content (AvgIpc) is 3.06. The number of nitrogens with zero attached hydrogens (tertiary/aromatic N) is 3. The molecule has 2 aromatic heterocycles. The first-order valence-electron chi connectivity index (χ1n) is 7.56. The third kappa shape index (κ3) is 3.31. The van der Waals surface area contributed by atoms with Gasteiger partial charge in [-0.25, -0.2) is 0 Å². The van der Waals surface area contributed by atoms with Gasteiger partial charge >= 0.3 is 0 Å². The van der Waals surface area contributed by atoms with Crippen molar-refractivity contribution in [2.45, 2.75) is 31.9 Å². The fraction of sp³-hybridized carbons (Fsp3) is 0.500. The van der Waals surface area contributed by atoms with Crippen LogP contribution in [0.2, 0.25) is 0 Å². The lowest BCUT2D eigenvalue weighted by Gasteiger charge is -2.14. The van der Waals surface area contributed by atoms with E-state index in [0.717, 1.165) is 49.2 Å². The summed E-state index contributed by atoms with van der Waals surface area (Å²) in [7, 11) is 1.93. The topological polar surface area (TPSA) is 63.0 Å². The van der Waals surface area contributed by atoms with E-state index in [4.69, 9.17) is 0 Å². The van der Waals surface area contributed by atoms with Gasteiger partial charge in [0.05, 0.1) is 11.8 Å². The Hall–Kier alpha value is -1.72. The zero-order valence-electron chi connectivity index (χ0n) is 12.4. The van der Waals surface area contributed by atoms with Gasteiger partial charge in [-0.05, 0) is 30.9 Å². The van der Waals surface area contributed by atoms with Crippen LogP contribution in [0.1, 0.15) is 24.8 Å². The van der Waals surface area contributed by atoms with Crippen molar-refractivity contribution in [3.63, 3.8) is 0 Å². The van der Waals surface area contributed by atoms with Crippen molar-refractivity contribution in [3.8, 4) is 11.3 Å². The van der Waals surface area contributed by atoms with Crippen LogP contribution >= 0.6 is 0 Å². The minimum Gasteiger partial charge on any atom is -0.393 e. The van der Waals surface area contributed by atoms with Crippen LogP contribution in [0.15, 0.2) is 30.7 Å². The molecule has 3 rings (SSSR count). The lowest BCUT2D eigenvalue weighted by Crippen LogP contribution is -2.27. The Bertz CT molecular complexity index is 581. The minimum atomic E-state index is -0.135. The number of aryl methyl sites for hydroxylation is 1. The monoisotopic (exact) mass is 286 g/mol. The summed E-state index contributed by atoms with van der Waals surface area (Å²) >= 11 is 0. The summed E-state index contributed by atoms with van der Waals surface area (Å²) < 4.78 is 1.84. The molecule has 112 valence electrons. The molecule has 5 nitrogen and oxygen atoms in total. The highest BCUT2D eigenvalue weighted by molar-refractivity contribution is 5.61. The van der Waals surface area contributed by atoms with Crippen molar-refractivity contribution in [3.05, 3.63) is 36.3 Å². The predicted molar refractivity (Wildman–Crippen MR) is 81.5 cm³/mol. The molecule has 0 bridgehead atoms. The second-order valence-corrected chi connectivity index (χ2v) is 5.81. The molecule has 0 amide bonds. The Balaban J connectivity index is 1.65. The first kappa shape index (κ1) is 14.2. The highest BCUT2D eigenvalue weighted by Gasteiger charge is 2.24. The molecule has 1 aliphatic carbocycles. The van der Waals surface area contributed by atoms with Gasteiger partial charge in [-0.1, -0.05) is 6.42 Å². The smallest absolute Gasteiger partial charge is 0.0983 e. The van der Waals surface area contributed by atoms with Gasteiger partial charge in [0.2, 0.25) is 0 Å². The quantitative estimate of drug-likeness (QED) is 0.878. The zero-order valence-corrected chi connectivity index (χ0v) is 12.4. The van der Waals surface area contributed by atoms with E-state index in [9.17, 15) is 5.11 Å². The van der Waals surface area contributed by atoms with Crippen molar-refractivity contribution < 1.29 is 5.11 Å². The van der Waals surface area contributed by atoms with Crippen LogP contribution in [0.5, 0.6) is 0 Å². The maximum absolute atomic E-state index is 9.86. The van der Waals surface area contributed by atoms with E-state index in [0.29, 0.717) is 5.92 Å². The van der Waals surface area contributed by atoms with Gasteiger partial charge in [-0.2, -0.15) is 5.10 Å². The summed E-state index contributed by atoms with van der Waals surface area (Å²) in [5.74, 6) is 0.392. The van der Waals surface area contributed by atoms with Crippen LogP contribution in [0.25, 0.3) is 11.3 Å². The Kier molecular flexibility index (Phi) is 4.31. The SMILES string of the molecule is Cn1cc(CNCC2CCCC2O)c(-c2cccnc2)n1. The fourth-order valence-electron chi connectivity index (χ4n) is 3.06. The van der Waals surface area contributed by atoms with Crippen LogP contribution in [-0.2, 0) is 13.6 Å². The summed E-state index contributed by atoms with van der Waals surface area (Å²) in [6, 6.07) is 3.95. The molecule has 0 aliphatic heterocycles. The summed E-state index contributed by atoms with van der Waals surface area (Å²) in [6.07, 6.45) is 8.72. The van der Waals surface area contributed by atoms with Crippen LogP contribution in [-0.4, -0.2) is 32.5 Å². The van der Waals surface area contributed by atoms with Crippen LogP contribution in [0.3, 0.4) is 0 Å². The van der Waals surface area contributed by atoms with E-state index in [-0.39, 0.29) is 6.10 Å². The van der Waals surface area contributed by atoms with E-state index in [1.165, 1.54) is 0 Å². The van der Waals surface area contributed by atoms with E-state index in [1.54, 1.807) is 6.20 Å².